The Morgan fingerprint density at radius 1 is 1.21 bits per heavy atom. The molecule has 3 N–H and O–H groups in total. The molecule has 0 aliphatic carbocycles. The van der Waals surface area contributed by atoms with Crippen molar-refractivity contribution < 1.29 is 24.0 Å². The normalized spacial score (nSPS) is 17.4. The number of nitrogens with zero attached hydrogens (tertiary/aromatic N) is 1. The van der Waals surface area contributed by atoms with E-state index in [0.717, 1.165) is 0 Å². The molecule has 0 fully saturated rings. The average molecular weight is 396 g/mol. The lowest BCUT2D eigenvalue weighted by molar-refractivity contribution is -0.383. The Balaban J connectivity index is 1.69. The van der Waals surface area contributed by atoms with Gasteiger partial charge in [0.2, 0.25) is 6.79 Å². The van der Waals surface area contributed by atoms with Gasteiger partial charge in [0.25, 0.3) is 11.6 Å². The van der Waals surface area contributed by atoms with Gasteiger partial charge in [0.1, 0.15) is 5.69 Å². The van der Waals surface area contributed by atoms with E-state index in [0.29, 0.717) is 22.8 Å². The second-order valence-corrected chi connectivity index (χ2v) is 6.41. The van der Waals surface area contributed by atoms with Gasteiger partial charge in [-0.2, -0.15) is 0 Å². The van der Waals surface area contributed by atoms with E-state index in [1.165, 1.54) is 18.2 Å². The number of fused-ring (bicyclic) bond motifs is 1. The summed E-state index contributed by atoms with van der Waals surface area (Å²) >= 11 is 0. The zero-order valence-electron chi connectivity index (χ0n) is 15.2. The number of hydrogen-bond donors (Lipinski definition) is 3. The minimum atomic E-state index is -0.777. The first-order chi connectivity index (χ1) is 13.9. The Labute approximate surface area is 164 Å². The Bertz CT molecular complexity index is 1060. The SMILES string of the molecule is CC1=C(C(=O)Nc2ccccc2[N+](=O)[O-])[C@@H](c2ccc3c(c2)OCO3)NC(=O)N1. The van der Waals surface area contributed by atoms with Crippen LogP contribution in [0.5, 0.6) is 11.5 Å². The number of amides is 3. The van der Waals surface area contributed by atoms with Gasteiger partial charge in [-0.3, -0.25) is 14.9 Å². The number of urea groups is 1. The second kappa shape index (κ2) is 7.15. The lowest BCUT2D eigenvalue weighted by Gasteiger charge is -2.28. The summed E-state index contributed by atoms with van der Waals surface area (Å²) in [4.78, 5) is 35.7. The van der Waals surface area contributed by atoms with E-state index in [1.54, 1.807) is 31.2 Å². The number of allylic oxidation sites excluding steroid dienone is 1. The van der Waals surface area contributed by atoms with Crippen LogP contribution in [-0.4, -0.2) is 23.7 Å². The summed E-state index contributed by atoms with van der Waals surface area (Å²) in [6.07, 6.45) is 0. The van der Waals surface area contributed by atoms with Crippen molar-refractivity contribution >= 4 is 23.3 Å². The van der Waals surface area contributed by atoms with Crippen LogP contribution >= 0.6 is 0 Å². The number of nitro groups is 1. The van der Waals surface area contributed by atoms with Gasteiger partial charge < -0.3 is 25.4 Å². The number of benzene rings is 2. The maximum Gasteiger partial charge on any atom is 0.319 e. The molecule has 3 amide bonds. The van der Waals surface area contributed by atoms with Crippen LogP contribution in [0.4, 0.5) is 16.2 Å². The number of para-hydroxylation sites is 2. The molecule has 0 saturated carbocycles. The van der Waals surface area contributed by atoms with Gasteiger partial charge in [-0.25, -0.2) is 4.79 Å². The summed E-state index contributed by atoms with van der Waals surface area (Å²) in [7, 11) is 0. The fourth-order valence-corrected chi connectivity index (χ4v) is 3.27. The van der Waals surface area contributed by atoms with Gasteiger partial charge in [-0.1, -0.05) is 18.2 Å². The minimum Gasteiger partial charge on any atom is -0.454 e. The number of ether oxygens (including phenoxy) is 2. The van der Waals surface area contributed by atoms with Crippen molar-refractivity contribution in [2.75, 3.05) is 12.1 Å². The van der Waals surface area contributed by atoms with Crippen molar-refractivity contribution in [3.63, 3.8) is 0 Å². The first-order valence-electron chi connectivity index (χ1n) is 8.66. The Morgan fingerprint density at radius 3 is 2.76 bits per heavy atom. The van der Waals surface area contributed by atoms with Gasteiger partial charge >= 0.3 is 6.03 Å². The molecule has 10 heteroatoms. The topological polar surface area (TPSA) is 132 Å². The Kier molecular flexibility index (Phi) is 4.51. The van der Waals surface area contributed by atoms with Crippen molar-refractivity contribution in [1.29, 1.82) is 0 Å². The first-order valence-corrected chi connectivity index (χ1v) is 8.66. The van der Waals surface area contributed by atoms with Crippen LogP contribution < -0.4 is 25.4 Å². The molecule has 0 radical (unpaired) electrons. The molecule has 0 unspecified atom stereocenters. The van der Waals surface area contributed by atoms with Gasteiger partial charge in [-0.15, -0.1) is 0 Å². The third-order valence-corrected chi connectivity index (χ3v) is 4.59. The highest BCUT2D eigenvalue weighted by Gasteiger charge is 2.33. The highest BCUT2D eigenvalue weighted by molar-refractivity contribution is 6.07. The van der Waals surface area contributed by atoms with Crippen LogP contribution in [0.1, 0.15) is 18.5 Å². The van der Waals surface area contributed by atoms with Crippen LogP contribution in [0.25, 0.3) is 0 Å². The van der Waals surface area contributed by atoms with Crippen LogP contribution in [0.2, 0.25) is 0 Å². The Morgan fingerprint density at radius 2 is 1.97 bits per heavy atom. The van der Waals surface area contributed by atoms with Crippen LogP contribution in [0, 0.1) is 10.1 Å². The van der Waals surface area contributed by atoms with Crippen molar-refractivity contribution in [1.82, 2.24) is 10.6 Å². The molecule has 0 bridgehead atoms. The Hall–Kier alpha value is -4.08. The quantitative estimate of drug-likeness (QED) is 0.538. The largest absolute Gasteiger partial charge is 0.454 e. The maximum absolute atomic E-state index is 13.0. The lowest BCUT2D eigenvalue weighted by Crippen LogP contribution is -2.46. The number of rotatable bonds is 4. The van der Waals surface area contributed by atoms with E-state index in [9.17, 15) is 19.7 Å². The summed E-state index contributed by atoms with van der Waals surface area (Å²) in [6, 6.07) is 9.69. The van der Waals surface area contributed by atoms with Crippen LogP contribution in [0.3, 0.4) is 0 Å². The molecule has 4 rings (SSSR count). The molecule has 2 aliphatic rings. The maximum atomic E-state index is 13.0. The van der Waals surface area contributed by atoms with Gasteiger partial charge in [0, 0.05) is 11.8 Å². The fraction of sp³-hybridized carbons (Fsp3) is 0.158. The summed E-state index contributed by atoms with van der Waals surface area (Å²) in [6.45, 7) is 1.68. The third-order valence-electron chi connectivity index (χ3n) is 4.59. The average Bonchev–Trinajstić information content (AvgIpc) is 3.15. The second-order valence-electron chi connectivity index (χ2n) is 6.41. The summed E-state index contributed by atoms with van der Waals surface area (Å²) in [5, 5.41) is 19.1. The van der Waals surface area contributed by atoms with Gasteiger partial charge in [-0.05, 0) is 30.7 Å². The van der Waals surface area contributed by atoms with E-state index in [1.807, 2.05) is 0 Å². The molecule has 2 aromatic carbocycles. The van der Waals surface area contributed by atoms with Gasteiger partial charge in [0.15, 0.2) is 11.5 Å². The van der Waals surface area contributed by atoms with E-state index >= 15 is 0 Å². The molecule has 2 aliphatic heterocycles. The van der Waals surface area contributed by atoms with Crippen molar-refractivity contribution in [2.24, 2.45) is 0 Å². The molecule has 2 aromatic rings. The summed E-state index contributed by atoms with van der Waals surface area (Å²) in [5.74, 6) is 0.499. The van der Waals surface area contributed by atoms with Crippen LogP contribution in [-0.2, 0) is 4.79 Å². The highest BCUT2D eigenvalue weighted by Crippen LogP contribution is 2.37. The van der Waals surface area contributed by atoms with Crippen molar-refractivity contribution in [3.8, 4) is 11.5 Å². The molecule has 0 saturated heterocycles. The predicted molar refractivity (Wildman–Crippen MR) is 101 cm³/mol. The molecular formula is C19H16N4O6. The minimum absolute atomic E-state index is 0.0594. The van der Waals surface area contributed by atoms with E-state index in [-0.39, 0.29) is 23.7 Å². The molecule has 0 aromatic heterocycles. The van der Waals surface area contributed by atoms with Crippen molar-refractivity contribution in [2.45, 2.75) is 13.0 Å². The zero-order valence-corrected chi connectivity index (χ0v) is 15.2. The molecule has 2 heterocycles. The first kappa shape index (κ1) is 18.3. The number of hydrogen-bond acceptors (Lipinski definition) is 6. The summed E-state index contributed by atoms with van der Waals surface area (Å²) < 4.78 is 10.7. The van der Waals surface area contributed by atoms with E-state index in [4.69, 9.17) is 9.47 Å². The van der Waals surface area contributed by atoms with Gasteiger partial charge in [0.05, 0.1) is 16.5 Å². The number of anilines is 1. The third kappa shape index (κ3) is 3.43. The van der Waals surface area contributed by atoms with E-state index in [2.05, 4.69) is 16.0 Å². The predicted octanol–water partition coefficient (Wildman–Crippen LogP) is 2.59. The number of nitro benzene ring substituents is 1. The van der Waals surface area contributed by atoms with Crippen molar-refractivity contribution in [3.05, 3.63) is 69.4 Å². The molecular weight excluding hydrogens is 380 g/mol. The molecule has 0 spiro atoms. The van der Waals surface area contributed by atoms with E-state index < -0.39 is 22.9 Å². The monoisotopic (exact) mass is 396 g/mol. The molecule has 148 valence electrons. The highest BCUT2D eigenvalue weighted by atomic mass is 16.7. The smallest absolute Gasteiger partial charge is 0.319 e. The lowest BCUT2D eigenvalue weighted by atomic mass is 9.94. The molecule has 1 atom stereocenters. The number of carbonyl (C=O) groups excluding carboxylic acids is 2. The molecule has 29 heavy (non-hydrogen) atoms. The van der Waals surface area contributed by atoms with Crippen LogP contribution in [0.15, 0.2) is 53.7 Å². The fourth-order valence-electron chi connectivity index (χ4n) is 3.27. The summed E-state index contributed by atoms with van der Waals surface area (Å²) in [5.41, 5.74) is 1.00. The zero-order chi connectivity index (χ0) is 20.5. The standard InChI is InChI=1S/C19H16N4O6/c1-10-16(18(24)21-12-4-2-3-5-13(12)23(26)27)17(22-19(25)20-10)11-6-7-14-15(8-11)29-9-28-14/h2-8,17H,9H2,1H3,(H,21,24)(H2,20,22,25)/t17-/m1/s1. The number of carbonyl (C=O) groups is 2. The molecule has 10 nitrogen and oxygen atoms in total. The number of nitrogens with one attached hydrogen (secondary N) is 3.